The summed E-state index contributed by atoms with van der Waals surface area (Å²) < 4.78 is 2.13. The Hall–Kier alpha value is -2.56. The van der Waals surface area contributed by atoms with Gasteiger partial charge in [0.2, 0.25) is 0 Å². The second kappa shape index (κ2) is 5.57. The average molecular weight is 307 g/mol. The molecule has 0 saturated heterocycles. The number of aryl methyl sites for hydroxylation is 4. The van der Waals surface area contributed by atoms with E-state index < -0.39 is 0 Å². The minimum absolute atomic E-state index is 0.750. The number of fused-ring (bicyclic) bond motifs is 1. The number of anilines is 1. The van der Waals surface area contributed by atoms with Gasteiger partial charge < -0.3 is 10.3 Å². The molecule has 0 aliphatic carbocycles. The van der Waals surface area contributed by atoms with Gasteiger partial charge in [0, 0.05) is 29.2 Å². The van der Waals surface area contributed by atoms with E-state index in [1.165, 1.54) is 12.1 Å². The lowest BCUT2D eigenvalue weighted by Gasteiger charge is -2.06. The van der Waals surface area contributed by atoms with E-state index in [1.807, 2.05) is 13.8 Å². The van der Waals surface area contributed by atoms with Crippen molar-refractivity contribution in [2.24, 2.45) is 0 Å². The third-order valence-corrected chi connectivity index (χ3v) is 4.45. The highest BCUT2D eigenvalue weighted by molar-refractivity contribution is 5.63. The SMILES string of the molecule is Cc1nc(-c2cccc(NCc3cc4n(n3)CCC4)c2)[nH]c1C. The third-order valence-electron chi connectivity index (χ3n) is 4.45. The molecule has 0 spiro atoms. The zero-order valence-corrected chi connectivity index (χ0v) is 13.6. The van der Waals surface area contributed by atoms with Crippen LogP contribution in [0.2, 0.25) is 0 Å². The summed E-state index contributed by atoms with van der Waals surface area (Å²) in [5.74, 6) is 0.921. The number of nitrogens with zero attached hydrogens (tertiary/aromatic N) is 3. The number of imidazole rings is 1. The van der Waals surface area contributed by atoms with Crippen LogP contribution in [0.4, 0.5) is 5.69 Å². The number of nitrogens with one attached hydrogen (secondary N) is 2. The third kappa shape index (κ3) is 2.74. The average Bonchev–Trinajstić information content (AvgIpc) is 3.21. The summed E-state index contributed by atoms with van der Waals surface area (Å²) in [6, 6.07) is 10.5. The van der Waals surface area contributed by atoms with Crippen LogP contribution in [0, 0.1) is 13.8 Å². The maximum atomic E-state index is 4.64. The summed E-state index contributed by atoms with van der Waals surface area (Å²) in [5, 5.41) is 8.10. The number of H-pyrrole nitrogens is 1. The number of hydrogen-bond acceptors (Lipinski definition) is 3. The fourth-order valence-corrected chi connectivity index (χ4v) is 3.06. The maximum absolute atomic E-state index is 4.64. The van der Waals surface area contributed by atoms with Crippen LogP contribution in [0.25, 0.3) is 11.4 Å². The molecule has 23 heavy (non-hydrogen) atoms. The zero-order valence-electron chi connectivity index (χ0n) is 13.6. The van der Waals surface area contributed by atoms with Gasteiger partial charge in [0.05, 0.1) is 17.9 Å². The van der Waals surface area contributed by atoms with Crippen LogP contribution in [0.15, 0.2) is 30.3 Å². The Morgan fingerprint density at radius 2 is 2.17 bits per heavy atom. The smallest absolute Gasteiger partial charge is 0.137 e. The second-order valence-electron chi connectivity index (χ2n) is 6.18. The molecular weight excluding hydrogens is 286 g/mol. The van der Waals surface area contributed by atoms with E-state index in [0.717, 1.165) is 53.7 Å². The normalized spacial score (nSPS) is 13.3. The zero-order chi connectivity index (χ0) is 15.8. The Morgan fingerprint density at radius 1 is 1.26 bits per heavy atom. The van der Waals surface area contributed by atoms with Gasteiger partial charge in [0.15, 0.2) is 0 Å². The van der Waals surface area contributed by atoms with Crippen molar-refractivity contribution in [3.8, 4) is 11.4 Å². The molecule has 118 valence electrons. The molecule has 3 aromatic rings. The first-order valence-corrected chi connectivity index (χ1v) is 8.12. The van der Waals surface area contributed by atoms with Crippen molar-refractivity contribution in [1.29, 1.82) is 0 Å². The predicted octanol–water partition coefficient (Wildman–Crippen LogP) is 3.45. The molecule has 0 bridgehead atoms. The minimum atomic E-state index is 0.750. The molecule has 0 unspecified atom stereocenters. The van der Waals surface area contributed by atoms with Crippen molar-refractivity contribution < 1.29 is 0 Å². The molecule has 1 aliphatic heterocycles. The lowest BCUT2D eigenvalue weighted by molar-refractivity contribution is 0.645. The van der Waals surface area contributed by atoms with Gasteiger partial charge in [-0.15, -0.1) is 0 Å². The van der Waals surface area contributed by atoms with Crippen LogP contribution in [-0.2, 0) is 19.5 Å². The van der Waals surface area contributed by atoms with Crippen molar-refractivity contribution in [3.63, 3.8) is 0 Å². The molecule has 2 N–H and O–H groups in total. The Morgan fingerprint density at radius 3 is 2.96 bits per heavy atom. The number of hydrogen-bond donors (Lipinski definition) is 2. The topological polar surface area (TPSA) is 58.5 Å². The van der Waals surface area contributed by atoms with E-state index in [9.17, 15) is 0 Å². The second-order valence-corrected chi connectivity index (χ2v) is 6.18. The van der Waals surface area contributed by atoms with Crippen molar-refractivity contribution in [1.82, 2.24) is 19.7 Å². The largest absolute Gasteiger partial charge is 0.379 e. The van der Waals surface area contributed by atoms with Gasteiger partial charge in [-0.05, 0) is 44.9 Å². The van der Waals surface area contributed by atoms with Gasteiger partial charge in [0.1, 0.15) is 5.82 Å². The highest BCUT2D eigenvalue weighted by atomic mass is 15.3. The first kappa shape index (κ1) is 14.1. The van der Waals surface area contributed by atoms with Crippen LogP contribution in [-0.4, -0.2) is 19.7 Å². The van der Waals surface area contributed by atoms with E-state index >= 15 is 0 Å². The van der Waals surface area contributed by atoms with Crippen LogP contribution in [0.3, 0.4) is 0 Å². The summed E-state index contributed by atoms with van der Waals surface area (Å²) >= 11 is 0. The predicted molar refractivity (Wildman–Crippen MR) is 91.4 cm³/mol. The lowest BCUT2D eigenvalue weighted by Crippen LogP contribution is -2.02. The summed E-state index contributed by atoms with van der Waals surface area (Å²) in [7, 11) is 0. The van der Waals surface area contributed by atoms with Gasteiger partial charge >= 0.3 is 0 Å². The molecule has 0 atom stereocenters. The number of aromatic nitrogens is 4. The van der Waals surface area contributed by atoms with Gasteiger partial charge in [-0.25, -0.2) is 4.98 Å². The highest BCUT2D eigenvalue weighted by Crippen LogP contribution is 2.22. The quantitative estimate of drug-likeness (QED) is 0.776. The first-order valence-electron chi connectivity index (χ1n) is 8.12. The summed E-state index contributed by atoms with van der Waals surface area (Å²) in [6.07, 6.45) is 2.37. The Kier molecular flexibility index (Phi) is 3.41. The molecule has 1 aliphatic rings. The fourth-order valence-electron chi connectivity index (χ4n) is 3.06. The molecule has 4 rings (SSSR count). The number of benzene rings is 1. The molecule has 2 aromatic heterocycles. The van der Waals surface area contributed by atoms with E-state index in [4.69, 9.17) is 0 Å². The molecule has 5 nitrogen and oxygen atoms in total. The summed E-state index contributed by atoms with van der Waals surface area (Å²) in [6.45, 7) is 5.88. The van der Waals surface area contributed by atoms with Gasteiger partial charge in [0.25, 0.3) is 0 Å². The van der Waals surface area contributed by atoms with Crippen molar-refractivity contribution in [2.45, 2.75) is 39.8 Å². The van der Waals surface area contributed by atoms with Gasteiger partial charge in [-0.3, -0.25) is 4.68 Å². The Labute approximate surface area is 135 Å². The maximum Gasteiger partial charge on any atom is 0.137 e. The highest BCUT2D eigenvalue weighted by Gasteiger charge is 2.13. The van der Waals surface area contributed by atoms with Crippen LogP contribution in [0.5, 0.6) is 0 Å². The summed E-state index contributed by atoms with van der Waals surface area (Å²) in [5.41, 5.74) is 6.81. The molecule has 1 aromatic carbocycles. The van der Waals surface area contributed by atoms with Gasteiger partial charge in [-0.1, -0.05) is 12.1 Å². The molecule has 0 saturated carbocycles. The van der Waals surface area contributed by atoms with Crippen LogP contribution in [0.1, 0.15) is 29.2 Å². The Bertz CT molecular complexity index is 802. The van der Waals surface area contributed by atoms with Crippen LogP contribution < -0.4 is 5.32 Å². The van der Waals surface area contributed by atoms with Crippen LogP contribution >= 0.6 is 0 Å². The first-order chi connectivity index (χ1) is 11.2. The monoisotopic (exact) mass is 307 g/mol. The standard InChI is InChI=1S/C18H21N5/c1-12-13(2)21-18(20-12)14-5-3-6-15(9-14)19-11-16-10-17-7-4-8-23(17)22-16/h3,5-6,9-10,19H,4,7-8,11H2,1-2H3,(H,20,21). The van der Waals surface area contributed by atoms with E-state index in [-0.39, 0.29) is 0 Å². The van der Waals surface area contributed by atoms with E-state index in [1.54, 1.807) is 0 Å². The number of rotatable bonds is 4. The molecular formula is C18H21N5. The van der Waals surface area contributed by atoms with E-state index in [2.05, 4.69) is 55.4 Å². The number of aromatic amines is 1. The summed E-state index contributed by atoms with van der Waals surface area (Å²) in [4.78, 5) is 7.91. The fraction of sp³-hybridized carbons (Fsp3) is 0.333. The molecule has 0 radical (unpaired) electrons. The van der Waals surface area contributed by atoms with Crippen molar-refractivity contribution in [3.05, 3.63) is 53.1 Å². The molecule has 0 fully saturated rings. The molecule has 0 amide bonds. The Balaban J connectivity index is 1.49. The van der Waals surface area contributed by atoms with E-state index in [0.29, 0.717) is 0 Å². The van der Waals surface area contributed by atoms with Crippen molar-refractivity contribution >= 4 is 5.69 Å². The van der Waals surface area contributed by atoms with Crippen molar-refractivity contribution in [2.75, 3.05) is 5.32 Å². The van der Waals surface area contributed by atoms with Gasteiger partial charge in [-0.2, -0.15) is 5.10 Å². The lowest BCUT2D eigenvalue weighted by atomic mass is 10.2. The molecule has 5 heteroatoms. The molecule has 3 heterocycles. The minimum Gasteiger partial charge on any atom is -0.379 e.